The van der Waals surface area contributed by atoms with Crippen molar-refractivity contribution in [2.45, 2.75) is 19.9 Å². The highest BCUT2D eigenvalue weighted by atomic mass is 16.2. The van der Waals surface area contributed by atoms with Gasteiger partial charge in [-0.3, -0.25) is 4.90 Å². The molecule has 2 aromatic carbocycles. The summed E-state index contributed by atoms with van der Waals surface area (Å²) < 4.78 is 0. The minimum Gasteiger partial charge on any atom is -0.324 e. The molecule has 0 radical (unpaired) electrons. The van der Waals surface area contributed by atoms with Crippen LogP contribution in [0.5, 0.6) is 0 Å². The maximum Gasteiger partial charge on any atom is 0.326 e. The lowest BCUT2D eigenvalue weighted by atomic mass is 10.1. The van der Waals surface area contributed by atoms with E-state index in [1.165, 1.54) is 0 Å². The fraction of sp³-hybridized carbons (Fsp3) is 0.235. The van der Waals surface area contributed by atoms with Crippen molar-refractivity contribution in [3.8, 4) is 0 Å². The number of carbonyl (C=O) groups excluding carboxylic acids is 1. The first-order chi connectivity index (χ1) is 9.97. The Morgan fingerprint density at radius 2 is 1.86 bits per heavy atom. The molecule has 110 valence electrons. The fourth-order valence-electron chi connectivity index (χ4n) is 1.99. The topological polar surface area (TPSA) is 58.4 Å². The van der Waals surface area contributed by atoms with E-state index in [1.54, 1.807) is 11.9 Å². The average Bonchev–Trinajstić information content (AvgIpc) is 2.47. The first kappa shape index (κ1) is 15.1. The lowest BCUT2D eigenvalue weighted by molar-refractivity contribution is 0.258. The number of hydrogen-bond acceptors (Lipinski definition) is 2. The van der Waals surface area contributed by atoms with Gasteiger partial charge in [-0.05, 0) is 43.7 Å². The molecule has 0 fully saturated rings. The van der Waals surface area contributed by atoms with Gasteiger partial charge in [-0.1, -0.05) is 29.8 Å². The molecule has 4 nitrogen and oxygen atoms in total. The highest BCUT2D eigenvalue weighted by Crippen LogP contribution is 2.18. The molecular formula is C17H21N3O. The summed E-state index contributed by atoms with van der Waals surface area (Å²) >= 11 is 0. The minimum atomic E-state index is -0.180. The van der Waals surface area contributed by atoms with Crippen molar-refractivity contribution < 1.29 is 4.79 Å². The maximum atomic E-state index is 12.3. The van der Waals surface area contributed by atoms with Crippen LogP contribution in [0.1, 0.15) is 24.1 Å². The van der Waals surface area contributed by atoms with E-state index >= 15 is 0 Å². The normalized spacial score (nSPS) is 11.8. The second-order valence-corrected chi connectivity index (χ2v) is 5.24. The molecule has 1 atom stereocenters. The van der Waals surface area contributed by atoms with Crippen LogP contribution in [-0.4, -0.2) is 13.1 Å². The summed E-state index contributed by atoms with van der Waals surface area (Å²) in [6.07, 6.45) is 0. The average molecular weight is 283 g/mol. The van der Waals surface area contributed by atoms with Crippen LogP contribution in [0.2, 0.25) is 0 Å². The molecule has 2 amide bonds. The Balaban J connectivity index is 2.10. The van der Waals surface area contributed by atoms with Gasteiger partial charge in [0, 0.05) is 24.5 Å². The summed E-state index contributed by atoms with van der Waals surface area (Å²) in [6.45, 7) is 3.93. The molecule has 0 aliphatic rings. The highest BCUT2D eigenvalue weighted by Gasteiger charge is 2.11. The molecule has 0 aromatic heterocycles. The van der Waals surface area contributed by atoms with Crippen LogP contribution in [0.3, 0.4) is 0 Å². The molecule has 0 spiro atoms. The van der Waals surface area contributed by atoms with E-state index in [0.717, 1.165) is 22.5 Å². The number of nitrogens with two attached hydrogens (primary N) is 1. The molecule has 0 aliphatic heterocycles. The highest BCUT2D eigenvalue weighted by molar-refractivity contribution is 6.01. The molecule has 0 saturated carbocycles. The van der Waals surface area contributed by atoms with Crippen molar-refractivity contribution >= 4 is 17.4 Å². The Morgan fingerprint density at radius 3 is 2.48 bits per heavy atom. The number of anilines is 2. The largest absolute Gasteiger partial charge is 0.326 e. The van der Waals surface area contributed by atoms with Gasteiger partial charge < -0.3 is 11.1 Å². The van der Waals surface area contributed by atoms with Crippen molar-refractivity contribution in [1.82, 2.24) is 0 Å². The Morgan fingerprint density at radius 1 is 1.19 bits per heavy atom. The summed E-state index contributed by atoms with van der Waals surface area (Å²) in [7, 11) is 1.75. The minimum absolute atomic E-state index is 0.0586. The van der Waals surface area contributed by atoms with Gasteiger partial charge in [0.2, 0.25) is 0 Å². The van der Waals surface area contributed by atoms with Gasteiger partial charge in [-0.15, -0.1) is 0 Å². The van der Waals surface area contributed by atoms with Crippen LogP contribution in [0, 0.1) is 6.92 Å². The summed E-state index contributed by atoms with van der Waals surface area (Å²) in [5, 5.41) is 2.88. The number of urea groups is 1. The molecule has 0 bridgehead atoms. The van der Waals surface area contributed by atoms with Crippen LogP contribution >= 0.6 is 0 Å². The molecular weight excluding hydrogens is 262 g/mol. The zero-order chi connectivity index (χ0) is 15.4. The summed E-state index contributed by atoms with van der Waals surface area (Å²) in [4.78, 5) is 13.8. The van der Waals surface area contributed by atoms with Gasteiger partial charge in [0.1, 0.15) is 0 Å². The van der Waals surface area contributed by atoms with E-state index in [9.17, 15) is 4.79 Å². The molecule has 1 unspecified atom stereocenters. The number of nitrogens with one attached hydrogen (secondary N) is 1. The molecule has 21 heavy (non-hydrogen) atoms. The van der Waals surface area contributed by atoms with Crippen molar-refractivity contribution in [3.63, 3.8) is 0 Å². The zero-order valence-corrected chi connectivity index (χ0v) is 12.6. The van der Waals surface area contributed by atoms with Crippen LogP contribution in [0.25, 0.3) is 0 Å². The molecule has 0 saturated heterocycles. The standard InChI is InChI=1S/C17H21N3O/c1-12-7-9-16(10-8-12)20(3)17(21)19-15-6-4-5-14(11-15)13(2)18/h4-11,13H,18H2,1-3H3,(H,19,21). The number of amides is 2. The maximum absolute atomic E-state index is 12.3. The van der Waals surface area contributed by atoms with Gasteiger partial charge in [0.25, 0.3) is 0 Å². The molecule has 2 rings (SSSR count). The number of rotatable bonds is 3. The Labute approximate surface area is 125 Å². The first-order valence-corrected chi connectivity index (χ1v) is 6.94. The predicted octanol–water partition coefficient (Wildman–Crippen LogP) is 3.68. The van der Waals surface area contributed by atoms with E-state index < -0.39 is 0 Å². The van der Waals surface area contributed by atoms with E-state index in [4.69, 9.17) is 5.73 Å². The molecule has 2 aromatic rings. The summed E-state index contributed by atoms with van der Waals surface area (Å²) in [5.41, 5.74) is 9.60. The van der Waals surface area contributed by atoms with Crippen LogP contribution in [-0.2, 0) is 0 Å². The Hall–Kier alpha value is -2.33. The van der Waals surface area contributed by atoms with Crippen molar-refractivity contribution in [2.24, 2.45) is 5.73 Å². The van der Waals surface area contributed by atoms with Gasteiger partial charge in [-0.2, -0.15) is 0 Å². The van der Waals surface area contributed by atoms with E-state index in [1.807, 2.05) is 62.4 Å². The Kier molecular flexibility index (Phi) is 4.60. The SMILES string of the molecule is Cc1ccc(N(C)C(=O)Nc2cccc(C(C)N)c2)cc1. The second kappa shape index (κ2) is 6.41. The number of hydrogen-bond donors (Lipinski definition) is 2. The van der Waals surface area contributed by atoms with Crippen LogP contribution in [0.15, 0.2) is 48.5 Å². The zero-order valence-electron chi connectivity index (χ0n) is 12.6. The first-order valence-electron chi connectivity index (χ1n) is 6.94. The summed E-state index contributed by atoms with van der Waals surface area (Å²) in [6, 6.07) is 15.2. The molecule has 0 heterocycles. The number of aryl methyl sites for hydroxylation is 1. The fourth-order valence-corrected chi connectivity index (χ4v) is 1.99. The van der Waals surface area contributed by atoms with Crippen molar-refractivity contribution in [3.05, 3.63) is 59.7 Å². The lowest BCUT2D eigenvalue weighted by Crippen LogP contribution is -2.31. The van der Waals surface area contributed by atoms with Gasteiger partial charge >= 0.3 is 6.03 Å². The smallest absolute Gasteiger partial charge is 0.324 e. The van der Waals surface area contributed by atoms with Gasteiger partial charge in [0.05, 0.1) is 0 Å². The van der Waals surface area contributed by atoms with E-state index in [0.29, 0.717) is 0 Å². The summed E-state index contributed by atoms with van der Waals surface area (Å²) in [5.74, 6) is 0. The molecule has 0 aliphatic carbocycles. The number of benzene rings is 2. The third-order valence-electron chi connectivity index (χ3n) is 3.39. The van der Waals surface area contributed by atoms with Crippen LogP contribution < -0.4 is 16.0 Å². The third kappa shape index (κ3) is 3.83. The number of nitrogens with zero attached hydrogens (tertiary/aromatic N) is 1. The van der Waals surface area contributed by atoms with E-state index in [2.05, 4.69) is 5.32 Å². The van der Waals surface area contributed by atoms with Crippen molar-refractivity contribution in [1.29, 1.82) is 0 Å². The third-order valence-corrected chi connectivity index (χ3v) is 3.39. The molecule has 3 N–H and O–H groups in total. The van der Waals surface area contributed by atoms with Gasteiger partial charge in [-0.25, -0.2) is 4.79 Å². The second-order valence-electron chi connectivity index (χ2n) is 5.24. The van der Waals surface area contributed by atoms with Gasteiger partial charge in [0.15, 0.2) is 0 Å². The predicted molar refractivity (Wildman–Crippen MR) is 87.6 cm³/mol. The number of carbonyl (C=O) groups is 1. The quantitative estimate of drug-likeness (QED) is 0.902. The monoisotopic (exact) mass is 283 g/mol. The lowest BCUT2D eigenvalue weighted by Gasteiger charge is -2.19. The van der Waals surface area contributed by atoms with E-state index in [-0.39, 0.29) is 12.1 Å². The Bertz CT molecular complexity index is 620. The van der Waals surface area contributed by atoms with Crippen molar-refractivity contribution in [2.75, 3.05) is 17.3 Å². The van der Waals surface area contributed by atoms with Crippen LogP contribution in [0.4, 0.5) is 16.2 Å². The molecule has 4 heteroatoms.